The summed E-state index contributed by atoms with van der Waals surface area (Å²) < 4.78 is 1.80. The van der Waals surface area contributed by atoms with E-state index in [0.717, 1.165) is 35.0 Å². The van der Waals surface area contributed by atoms with Gasteiger partial charge in [-0.05, 0) is 36.9 Å². The summed E-state index contributed by atoms with van der Waals surface area (Å²) in [5, 5.41) is 8.28. The maximum absolute atomic E-state index is 12.7. The molecule has 1 atom stereocenters. The molecule has 1 amide bonds. The van der Waals surface area contributed by atoms with E-state index in [1.165, 1.54) is 0 Å². The topological polar surface area (TPSA) is 79.8 Å². The highest BCUT2D eigenvalue weighted by Crippen LogP contribution is 2.36. The van der Waals surface area contributed by atoms with E-state index >= 15 is 0 Å². The first-order valence-electron chi connectivity index (χ1n) is 8.56. The second kappa shape index (κ2) is 5.88. The maximum atomic E-state index is 12.7. The number of amides is 1. The molecule has 128 valence electrons. The predicted octanol–water partition coefficient (Wildman–Crippen LogP) is 2.92. The minimum absolute atomic E-state index is 0.0842. The molecule has 1 aliphatic heterocycles. The predicted molar refractivity (Wildman–Crippen MR) is 96.9 cm³/mol. The molecular formula is C19H20N4O2. The largest absolute Gasteiger partial charge is 0.322 e. The molecule has 2 N–H and O–H groups in total. The molecule has 2 aromatic heterocycles. The third-order valence-electron chi connectivity index (χ3n) is 4.73. The number of anilines is 1. The number of carbonyl (C=O) groups excluding carboxylic acids is 1. The van der Waals surface area contributed by atoms with Gasteiger partial charge in [-0.1, -0.05) is 18.6 Å². The van der Waals surface area contributed by atoms with Gasteiger partial charge in [-0.15, -0.1) is 0 Å². The average Bonchev–Trinajstić information content (AvgIpc) is 2.97. The fourth-order valence-electron chi connectivity index (χ4n) is 3.53. The number of benzene rings is 1. The molecule has 0 saturated heterocycles. The highest BCUT2D eigenvalue weighted by Gasteiger charge is 2.31. The van der Waals surface area contributed by atoms with Crippen molar-refractivity contribution in [2.75, 3.05) is 5.32 Å². The number of H-pyrrole nitrogens is 1. The smallest absolute Gasteiger partial charge is 0.252 e. The van der Waals surface area contributed by atoms with Crippen molar-refractivity contribution >= 4 is 22.6 Å². The van der Waals surface area contributed by atoms with Crippen LogP contribution in [0.3, 0.4) is 0 Å². The number of aromatic amines is 1. The van der Waals surface area contributed by atoms with Crippen LogP contribution in [-0.4, -0.2) is 20.7 Å². The lowest BCUT2D eigenvalue weighted by Crippen LogP contribution is -2.28. The van der Waals surface area contributed by atoms with Crippen LogP contribution in [0.1, 0.15) is 42.4 Å². The number of rotatable bonds is 3. The summed E-state index contributed by atoms with van der Waals surface area (Å²) in [5.74, 6) is 0.356. The van der Waals surface area contributed by atoms with E-state index in [1.54, 1.807) is 10.9 Å². The van der Waals surface area contributed by atoms with Gasteiger partial charge in [0.25, 0.3) is 5.56 Å². The summed E-state index contributed by atoms with van der Waals surface area (Å²) in [6, 6.07) is 7.83. The molecule has 0 fully saturated rings. The lowest BCUT2D eigenvalue weighted by atomic mass is 9.87. The Labute approximate surface area is 144 Å². The normalized spacial score (nSPS) is 16.7. The van der Waals surface area contributed by atoms with Crippen molar-refractivity contribution in [3.63, 3.8) is 0 Å². The van der Waals surface area contributed by atoms with E-state index < -0.39 is 0 Å². The number of carbonyl (C=O) groups is 1. The molecule has 1 aliphatic rings. The number of hydrogen-bond acceptors (Lipinski definition) is 3. The second-order valence-electron chi connectivity index (χ2n) is 6.62. The number of nitrogens with zero attached hydrogens (tertiary/aromatic N) is 2. The third-order valence-corrected chi connectivity index (χ3v) is 4.73. The van der Waals surface area contributed by atoms with Gasteiger partial charge in [0.05, 0.1) is 6.20 Å². The SMILES string of the molecule is CCCn1ncc2c1NC(=O)C[C@H]2c1cc2cc(C)ccc2[nH]c1=O. The van der Waals surface area contributed by atoms with Gasteiger partial charge >= 0.3 is 0 Å². The van der Waals surface area contributed by atoms with E-state index in [2.05, 4.69) is 22.3 Å². The van der Waals surface area contributed by atoms with E-state index in [1.807, 2.05) is 31.2 Å². The van der Waals surface area contributed by atoms with Gasteiger partial charge in [-0.2, -0.15) is 5.10 Å². The Morgan fingerprint density at radius 2 is 2.08 bits per heavy atom. The Balaban J connectivity index is 1.88. The lowest BCUT2D eigenvalue weighted by Gasteiger charge is -2.23. The second-order valence-corrected chi connectivity index (χ2v) is 6.62. The van der Waals surface area contributed by atoms with Crippen molar-refractivity contribution in [2.24, 2.45) is 0 Å². The number of fused-ring (bicyclic) bond motifs is 2. The van der Waals surface area contributed by atoms with Crippen molar-refractivity contribution in [3.8, 4) is 0 Å². The Bertz CT molecular complexity index is 1030. The maximum Gasteiger partial charge on any atom is 0.252 e. The first kappa shape index (κ1) is 15.6. The molecule has 0 unspecified atom stereocenters. The Kier molecular flexibility index (Phi) is 3.67. The van der Waals surface area contributed by atoms with Gasteiger partial charge in [-0.3, -0.25) is 9.59 Å². The van der Waals surface area contributed by atoms with Crippen molar-refractivity contribution in [2.45, 2.75) is 39.2 Å². The fourth-order valence-corrected chi connectivity index (χ4v) is 3.53. The molecule has 0 radical (unpaired) electrons. The Morgan fingerprint density at radius 1 is 1.24 bits per heavy atom. The average molecular weight is 336 g/mol. The number of aryl methyl sites for hydroxylation is 2. The Morgan fingerprint density at radius 3 is 2.88 bits per heavy atom. The number of aromatic nitrogens is 3. The van der Waals surface area contributed by atoms with Crippen molar-refractivity contribution in [1.29, 1.82) is 0 Å². The van der Waals surface area contributed by atoms with Crippen LogP contribution in [0.4, 0.5) is 5.82 Å². The van der Waals surface area contributed by atoms with Crippen LogP contribution in [0.25, 0.3) is 10.9 Å². The molecule has 0 saturated carbocycles. The summed E-state index contributed by atoms with van der Waals surface area (Å²) in [4.78, 5) is 27.8. The van der Waals surface area contributed by atoms with Crippen LogP contribution in [0.15, 0.2) is 35.3 Å². The summed E-state index contributed by atoms with van der Waals surface area (Å²) in [6.07, 6.45) is 2.95. The third kappa shape index (κ3) is 2.63. The highest BCUT2D eigenvalue weighted by atomic mass is 16.2. The van der Waals surface area contributed by atoms with Gasteiger partial charge in [0.15, 0.2) is 0 Å². The monoisotopic (exact) mass is 336 g/mol. The summed E-state index contributed by atoms with van der Waals surface area (Å²) in [6.45, 7) is 4.81. The lowest BCUT2D eigenvalue weighted by molar-refractivity contribution is -0.116. The molecule has 0 spiro atoms. The van der Waals surface area contributed by atoms with Crippen LogP contribution in [0.2, 0.25) is 0 Å². The van der Waals surface area contributed by atoms with E-state index in [9.17, 15) is 9.59 Å². The van der Waals surface area contributed by atoms with E-state index in [0.29, 0.717) is 11.4 Å². The summed E-state index contributed by atoms with van der Waals surface area (Å²) in [7, 11) is 0. The van der Waals surface area contributed by atoms with Gasteiger partial charge in [0.1, 0.15) is 5.82 Å². The van der Waals surface area contributed by atoms with Crippen LogP contribution < -0.4 is 10.9 Å². The van der Waals surface area contributed by atoms with Crippen LogP contribution in [0.5, 0.6) is 0 Å². The minimum Gasteiger partial charge on any atom is -0.322 e. The van der Waals surface area contributed by atoms with Crippen LogP contribution in [-0.2, 0) is 11.3 Å². The molecule has 6 heteroatoms. The fraction of sp³-hybridized carbons (Fsp3) is 0.316. The quantitative estimate of drug-likeness (QED) is 0.772. The molecule has 3 heterocycles. The zero-order chi connectivity index (χ0) is 17.6. The number of hydrogen-bond donors (Lipinski definition) is 2. The van der Waals surface area contributed by atoms with Gasteiger partial charge in [0, 0.05) is 35.5 Å². The van der Waals surface area contributed by atoms with Gasteiger partial charge in [0.2, 0.25) is 5.91 Å². The molecule has 6 nitrogen and oxygen atoms in total. The standard InChI is InChI=1S/C19H20N4O2/c1-3-6-23-18-15(10-20-23)13(9-17(24)22-18)14-8-12-7-11(2)4-5-16(12)21-19(14)25/h4-5,7-8,10,13H,3,6,9H2,1-2H3,(H,21,25)(H,22,24)/t13-/m0/s1. The number of nitrogens with one attached hydrogen (secondary N) is 2. The highest BCUT2D eigenvalue weighted by molar-refractivity contribution is 5.94. The van der Waals surface area contributed by atoms with E-state index in [-0.39, 0.29) is 23.8 Å². The van der Waals surface area contributed by atoms with Gasteiger partial charge in [-0.25, -0.2) is 4.68 Å². The zero-order valence-electron chi connectivity index (χ0n) is 14.3. The molecule has 0 bridgehead atoms. The van der Waals surface area contributed by atoms with Crippen molar-refractivity contribution in [3.05, 3.63) is 57.5 Å². The zero-order valence-corrected chi connectivity index (χ0v) is 14.3. The minimum atomic E-state index is -0.275. The summed E-state index contributed by atoms with van der Waals surface area (Å²) >= 11 is 0. The first-order valence-corrected chi connectivity index (χ1v) is 8.56. The molecule has 4 rings (SSSR count). The summed E-state index contributed by atoms with van der Waals surface area (Å²) in [5.41, 5.74) is 3.31. The number of pyridine rings is 1. The molecule has 0 aliphatic carbocycles. The van der Waals surface area contributed by atoms with Crippen LogP contribution >= 0.6 is 0 Å². The van der Waals surface area contributed by atoms with Gasteiger partial charge < -0.3 is 10.3 Å². The molecule has 1 aromatic carbocycles. The molecule has 3 aromatic rings. The van der Waals surface area contributed by atoms with Crippen LogP contribution in [0, 0.1) is 6.92 Å². The molecular weight excluding hydrogens is 316 g/mol. The van der Waals surface area contributed by atoms with E-state index in [4.69, 9.17) is 0 Å². The Hall–Kier alpha value is -2.89. The molecule has 25 heavy (non-hydrogen) atoms. The van der Waals surface area contributed by atoms with Crippen molar-refractivity contribution < 1.29 is 4.79 Å². The van der Waals surface area contributed by atoms with Crippen molar-refractivity contribution in [1.82, 2.24) is 14.8 Å². The first-order chi connectivity index (χ1) is 12.1.